The van der Waals surface area contributed by atoms with Gasteiger partial charge in [-0.15, -0.1) is 0 Å². The van der Waals surface area contributed by atoms with Crippen molar-refractivity contribution in [2.24, 2.45) is 0 Å². The van der Waals surface area contributed by atoms with Crippen LogP contribution in [0.1, 0.15) is 24.8 Å². The van der Waals surface area contributed by atoms with Gasteiger partial charge in [0.2, 0.25) is 9.05 Å². The van der Waals surface area contributed by atoms with Crippen molar-refractivity contribution in [2.75, 3.05) is 19.5 Å². The van der Waals surface area contributed by atoms with Crippen LogP contribution < -0.4 is 9.47 Å². The fourth-order valence-electron chi connectivity index (χ4n) is 1.63. The van der Waals surface area contributed by atoms with Crippen LogP contribution in [-0.2, 0) is 9.05 Å². The van der Waals surface area contributed by atoms with Crippen molar-refractivity contribution in [2.45, 2.75) is 26.2 Å². The lowest BCUT2D eigenvalue weighted by Crippen LogP contribution is -2.01. The first-order valence-electron chi connectivity index (χ1n) is 6.12. The molecule has 108 valence electrons. The molecule has 0 spiro atoms. The highest BCUT2D eigenvalue weighted by atomic mass is 35.7. The van der Waals surface area contributed by atoms with Gasteiger partial charge in [0.15, 0.2) is 11.5 Å². The molecule has 0 amide bonds. The molecular weight excluding hydrogens is 288 g/mol. The number of benzene rings is 1. The summed E-state index contributed by atoms with van der Waals surface area (Å²) in [5, 5.41) is 0. The summed E-state index contributed by atoms with van der Waals surface area (Å²) in [5.74, 6) is 1.43. The van der Waals surface area contributed by atoms with E-state index in [9.17, 15) is 8.42 Å². The highest BCUT2D eigenvalue weighted by Crippen LogP contribution is 2.27. The number of ether oxygens (including phenoxy) is 2. The Labute approximate surface area is 119 Å². The first-order chi connectivity index (χ1) is 8.92. The summed E-state index contributed by atoms with van der Waals surface area (Å²) in [6.07, 6.45) is 2.10. The molecule has 4 nitrogen and oxygen atoms in total. The zero-order valence-corrected chi connectivity index (χ0v) is 12.8. The Morgan fingerprint density at radius 2 is 1.89 bits per heavy atom. The average Bonchev–Trinajstić information content (AvgIpc) is 2.33. The predicted octanol–water partition coefficient (Wildman–Crippen LogP) is 3.12. The van der Waals surface area contributed by atoms with Gasteiger partial charge in [-0.25, -0.2) is 8.42 Å². The predicted molar refractivity (Wildman–Crippen MR) is 76.7 cm³/mol. The van der Waals surface area contributed by atoms with Gasteiger partial charge in [-0.05, 0) is 43.9 Å². The number of rotatable bonds is 8. The smallest absolute Gasteiger partial charge is 0.232 e. The molecular formula is C13H19ClO4S. The summed E-state index contributed by atoms with van der Waals surface area (Å²) in [6.45, 7) is 2.51. The number of aryl methyl sites for hydroxylation is 1. The first kappa shape index (κ1) is 16.1. The molecule has 0 radical (unpaired) electrons. The highest BCUT2D eigenvalue weighted by Gasteiger charge is 2.05. The second-order valence-electron chi connectivity index (χ2n) is 4.31. The van der Waals surface area contributed by atoms with Crippen molar-refractivity contribution in [1.29, 1.82) is 0 Å². The van der Waals surface area contributed by atoms with E-state index in [1.165, 1.54) is 0 Å². The van der Waals surface area contributed by atoms with E-state index in [2.05, 4.69) is 0 Å². The second-order valence-corrected chi connectivity index (χ2v) is 7.20. The number of unbranched alkanes of at least 4 members (excludes halogenated alkanes) is 2. The van der Waals surface area contributed by atoms with Gasteiger partial charge in [-0.1, -0.05) is 6.07 Å². The van der Waals surface area contributed by atoms with Crippen molar-refractivity contribution in [3.8, 4) is 11.5 Å². The quantitative estimate of drug-likeness (QED) is 0.547. The molecule has 0 atom stereocenters. The van der Waals surface area contributed by atoms with Crippen LogP contribution in [-0.4, -0.2) is 27.9 Å². The van der Waals surface area contributed by atoms with E-state index in [0.717, 1.165) is 18.4 Å². The minimum absolute atomic E-state index is 0.0163. The Kier molecular flexibility index (Phi) is 6.45. The number of hydrogen-bond acceptors (Lipinski definition) is 4. The summed E-state index contributed by atoms with van der Waals surface area (Å²) in [4.78, 5) is 0. The van der Waals surface area contributed by atoms with Crippen LogP contribution in [0.25, 0.3) is 0 Å². The molecule has 0 saturated carbocycles. The van der Waals surface area contributed by atoms with E-state index in [1.54, 1.807) is 7.11 Å². The molecule has 0 fully saturated rings. The normalized spacial score (nSPS) is 11.3. The Hall–Kier alpha value is -0.940. The molecule has 0 aliphatic heterocycles. The maximum atomic E-state index is 10.7. The van der Waals surface area contributed by atoms with Crippen molar-refractivity contribution in [3.05, 3.63) is 23.8 Å². The van der Waals surface area contributed by atoms with Crippen LogP contribution in [0, 0.1) is 6.92 Å². The number of halogens is 1. The van der Waals surface area contributed by atoms with Crippen LogP contribution >= 0.6 is 10.7 Å². The molecule has 0 N–H and O–H groups in total. The molecule has 1 aromatic carbocycles. The number of methoxy groups -OCH3 is 1. The SMILES string of the molecule is COc1cc(C)ccc1OCCCCCS(=O)(=O)Cl. The monoisotopic (exact) mass is 306 g/mol. The molecule has 0 aliphatic carbocycles. The third-order valence-corrected chi connectivity index (χ3v) is 3.85. The Balaban J connectivity index is 2.30. The maximum absolute atomic E-state index is 10.7. The minimum atomic E-state index is -3.37. The van der Waals surface area contributed by atoms with Gasteiger partial charge < -0.3 is 9.47 Å². The summed E-state index contributed by atoms with van der Waals surface area (Å²) in [7, 11) is 3.36. The van der Waals surface area contributed by atoms with Gasteiger partial charge in [0, 0.05) is 10.7 Å². The van der Waals surface area contributed by atoms with Gasteiger partial charge in [0.1, 0.15) is 0 Å². The molecule has 0 aromatic heterocycles. The maximum Gasteiger partial charge on any atom is 0.232 e. The average molecular weight is 307 g/mol. The van der Waals surface area contributed by atoms with Crippen LogP contribution in [0.5, 0.6) is 11.5 Å². The van der Waals surface area contributed by atoms with Crippen molar-refractivity contribution in [1.82, 2.24) is 0 Å². The molecule has 0 unspecified atom stereocenters. The van der Waals surface area contributed by atoms with E-state index in [4.69, 9.17) is 20.2 Å². The molecule has 6 heteroatoms. The first-order valence-corrected chi connectivity index (χ1v) is 8.60. The Bertz CT molecular complexity index is 499. The molecule has 1 rings (SSSR count). The minimum Gasteiger partial charge on any atom is -0.493 e. The largest absolute Gasteiger partial charge is 0.493 e. The lowest BCUT2D eigenvalue weighted by Gasteiger charge is -2.11. The molecule has 0 saturated heterocycles. The molecule has 1 aromatic rings. The van der Waals surface area contributed by atoms with E-state index >= 15 is 0 Å². The van der Waals surface area contributed by atoms with E-state index in [-0.39, 0.29) is 5.75 Å². The molecule has 0 heterocycles. The van der Waals surface area contributed by atoms with E-state index in [1.807, 2.05) is 25.1 Å². The molecule has 19 heavy (non-hydrogen) atoms. The number of hydrogen-bond donors (Lipinski definition) is 0. The Morgan fingerprint density at radius 1 is 1.16 bits per heavy atom. The molecule has 0 aliphatic rings. The lowest BCUT2D eigenvalue weighted by molar-refractivity contribution is 0.286. The van der Waals surface area contributed by atoms with E-state index < -0.39 is 9.05 Å². The zero-order valence-electron chi connectivity index (χ0n) is 11.2. The summed E-state index contributed by atoms with van der Waals surface area (Å²) in [6, 6.07) is 5.74. The molecule has 0 bridgehead atoms. The fraction of sp³-hybridized carbons (Fsp3) is 0.538. The van der Waals surface area contributed by atoms with Crippen LogP contribution in [0.3, 0.4) is 0 Å². The summed E-state index contributed by atoms with van der Waals surface area (Å²) < 4.78 is 32.3. The summed E-state index contributed by atoms with van der Waals surface area (Å²) in [5.41, 5.74) is 1.11. The summed E-state index contributed by atoms with van der Waals surface area (Å²) >= 11 is 0. The van der Waals surface area contributed by atoms with Gasteiger partial charge in [0.05, 0.1) is 19.5 Å². The van der Waals surface area contributed by atoms with Gasteiger partial charge in [-0.3, -0.25) is 0 Å². The fourth-order valence-corrected chi connectivity index (χ4v) is 2.51. The van der Waals surface area contributed by atoms with Gasteiger partial charge in [0.25, 0.3) is 0 Å². The van der Waals surface area contributed by atoms with Crippen LogP contribution in [0.15, 0.2) is 18.2 Å². The van der Waals surface area contributed by atoms with Crippen molar-refractivity contribution < 1.29 is 17.9 Å². The second kappa shape index (κ2) is 7.60. The third kappa shape index (κ3) is 6.68. The third-order valence-electron chi connectivity index (χ3n) is 2.61. The Morgan fingerprint density at radius 3 is 2.53 bits per heavy atom. The van der Waals surface area contributed by atoms with E-state index in [0.29, 0.717) is 24.5 Å². The zero-order chi connectivity index (χ0) is 14.3. The highest BCUT2D eigenvalue weighted by molar-refractivity contribution is 8.13. The van der Waals surface area contributed by atoms with Crippen LogP contribution in [0.4, 0.5) is 0 Å². The van der Waals surface area contributed by atoms with Crippen molar-refractivity contribution in [3.63, 3.8) is 0 Å². The standard InChI is InChI=1S/C13H19ClO4S/c1-11-6-7-12(13(10-11)17-2)18-8-4-3-5-9-19(14,15)16/h6-7,10H,3-5,8-9H2,1-2H3. The van der Waals surface area contributed by atoms with Gasteiger partial charge >= 0.3 is 0 Å². The van der Waals surface area contributed by atoms with Crippen molar-refractivity contribution >= 4 is 19.7 Å². The lowest BCUT2D eigenvalue weighted by atomic mass is 10.2. The van der Waals surface area contributed by atoms with Crippen LogP contribution in [0.2, 0.25) is 0 Å². The van der Waals surface area contributed by atoms with Gasteiger partial charge in [-0.2, -0.15) is 0 Å². The topological polar surface area (TPSA) is 52.6 Å².